The molecule has 1 N–H and O–H groups in total. The summed E-state index contributed by atoms with van der Waals surface area (Å²) in [6.45, 7) is 8.23. The molecule has 2 atom stereocenters. The molecule has 1 rings (SSSR count). The molecular weight excluding hydrogens is 158 g/mol. The van der Waals surface area contributed by atoms with Gasteiger partial charge in [-0.15, -0.1) is 0 Å². The molecule has 0 radical (unpaired) electrons. The average Bonchev–Trinajstić information content (AvgIpc) is 2.17. The number of hydrogen-bond donors (Lipinski definition) is 1. The first-order valence-corrected chi connectivity index (χ1v) is 5.99. The first-order chi connectivity index (χ1) is 6.26. The molecule has 0 aromatic heterocycles. The van der Waals surface area contributed by atoms with Gasteiger partial charge in [0.1, 0.15) is 0 Å². The second-order valence-corrected chi connectivity index (χ2v) is 4.71. The Morgan fingerprint density at radius 1 is 1.23 bits per heavy atom. The highest BCUT2D eigenvalue weighted by Crippen LogP contribution is 2.21. The topological polar surface area (TPSA) is 12.0 Å². The molecule has 0 amide bonds. The van der Waals surface area contributed by atoms with Crippen molar-refractivity contribution in [1.29, 1.82) is 0 Å². The lowest BCUT2D eigenvalue weighted by atomic mass is 9.88. The standard InChI is InChI=1S/C12H25N/c1-4-11(5-2)8-12-7-6-10(3)9-13-12/h10-13H,4-9H2,1-3H3. The molecule has 13 heavy (non-hydrogen) atoms. The van der Waals surface area contributed by atoms with Gasteiger partial charge in [0.25, 0.3) is 0 Å². The summed E-state index contributed by atoms with van der Waals surface area (Å²) in [5.74, 6) is 1.85. The highest BCUT2D eigenvalue weighted by molar-refractivity contribution is 4.77. The third-order valence-electron chi connectivity index (χ3n) is 3.54. The van der Waals surface area contributed by atoms with Crippen LogP contribution in [0, 0.1) is 11.8 Å². The predicted molar refractivity (Wildman–Crippen MR) is 58.9 cm³/mol. The maximum atomic E-state index is 3.67. The summed E-state index contributed by atoms with van der Waals surface area (Å²) in [4.78, 5) is 0. The van der Waals surface area contributed by atoms with Crippen LogP contribution in [0.4, 0.5) is 0 Å². The SMILES string of the molecule is CCC(CC)CC1CCC(C)CN1. The van der Waals surface area contributed by atoms with E-state index in [-0.39, 0.29) is 0 Å². The van der Waals surface area contributed by atoms with Crippen LogP contribution in [0.1, 0.15) is 52.9 Å². The fourth-order valence-electron chi connectivity index (χ4n) is 2.28. The van der Waals surface area contributed by atoms with Gasteiger partial charge in [-0.1, -0.05) is 33.6 Å². The monoisotopic (exact) mass is 183 g/mol. The average molecular weight is 183 g/mol. The maximum Gasteiger partial charge on any atom is 0.00699 e. The van der Waals surface area contributed by atoms with Crippen molar-refractivity contribution in [2.45, 2.75) is 58.9 Å². The summed E-state index contributed by atoms with van der Waals surface area (Å²) in [5, 5.41) is 3.67. The Hall–Kier alpha value is -0.0400. The molecule has 2 unspecified atom stereocenters. The van der Waals surface area contributed by atoms with Crippen molar-refractivity contribution in [2.75, 3.05) is 6.54 Å². The molecule has 1 aliphatic heterocycles. The normalized spacial score (nSPS) is 29.5. The quantitative estimate of drug-likeness (QED) is 0.706. The molecule has 0 aromatic carbocycles. The van der Waals surface area contributed by atoms with Crippen molar-refractivity contribution in [3.05, 3.63) is 0 Å². The Bertz CT molecular complexity index is 121. The van der Waals surface area contributed by atoms with Crippen LogP contribution >= 0.6 is 0 Å². The van der Waals surface area contributed by atoms with Crippen molar-refractivity contribution in [3.63, 3.8) is 0 Å². The second kappa shape index (κ2) is 5.64. The largest absolute Gasteiger partial charge is 0.314 e. The molecule has 0 spiro atoms. The summed E-state index contributed by atoms with van der Waals surface area (Å²) in [6.07, 6.45) is 6.93. The third kappa shape index (κ3) is 3.68. The molecule has 0 bridgehead atoms. The van der Waals surface area contributed by atoms with E-state index >= 15 is 0 Å². The zero-order valence-corrected chi connectivity index (χ0v) is 9.47. The molecule has 1 aliphatic rings. The van der Waals surface area contributed by atoms with E-state index in [0.29, 0.717) is 0 Å². The Labute approximate surface area is 83.3 Å². The minimum absolute atomic E-state index is 0.820. The van der Waals surface area contributed by atoms with Gasteiger partial charge in [0, 0.05) is 6.04 Å². The number of rotatable bonds is 4. The molecule has 1 saturated heterocycles. The lowest BCUT2D eigenvalue weighted by Crippen LogP contribution is -2.39. The van der Waals surface area contributed by atoms with Crippen molar-refractivity contribution in [1.82, 2.24) is 5.32 Å². The molecule has 78 valence electrons. The minimum Gasteiger partial charge on any atom is -0.314 e. The molecule has 0 aliphatic carbocycles. The summed E-state index contributed by atoms with van der Waals surface area (Å²) >= 11 is 0. The highest BCUT2D eigenvalue weighted by atomic mass is 14.9. The third-order valence-corrected chi connectivity index (χ3v) is 3.54. The highest BCUT2D eigenvalue weighted by Gasteiger charge is 2.19. The number of hydrogen-bond acceptors (Lipinski definition) is 1. The van der Waals surface area contributed by atoms with Gasteiger partial charge in [-0.25, -0.2) is 0 Å². The Kier molecular flexibility index (Phi) is 4.79. The second-order valence-electron chi connectivity index (χ2n) is 4.71. The van der Waals surface area contributed by atoms with E-state index in [0.717, 1.165) is 17.9 Å². The van der Waals surface area contributed by atoms with Crippen molar-refractivity contribution in [3.8, 4) is 0 Å². The van der Waals surface area contributed by atoms with Crippen LogP contribution < -0.4 is 5.32 Å². The Morgan fingerprint density at radius 3 is 2.38 bits per heavy atom. The van der Waals surface area contributed by atoms with Gasteiger partial charge >= 0.3 is 0 Å². The Morgan fingerprint density at radius 2 is 1.92 bits per heavy atom. The fourth-order valence-corrected chi connectivity index (χ4v) is 2.28. The maximum absolute atomic E-state index is 3.67. The first-order valence-electron chi connectivity index (χ1n) is 5.99. The molecule has 1 nitrogen and oxygen atoms in total. The van der Waals surface area contributed by atoms with Crippen LogP contribution in [0.5, 0.6) is 0 Å². The van der Waals surface area contributed by atoms with Crippen LogP contribution in [-0.4, -0.2) is 12.6 Å². The van der Waals surface area contributed by atoms with Crippen LogP contribution in [0.25, 0.3) is 0 Å². The van der Waals surface area contributed by atoms with E-state index in [1.807, 2.05) is 0 Å². The lowest BCUT2D eigenvalue weighted by molar-refractivity contribution is 0.277. The summed E-state index contributed by atoms with van der Waals surface area (Å²) in [7, 11) is 0. The summed E-state index contributed by atoms with van der Waals surface area (Å²) in [5.41, 5.74) is 0. The van der Waals surface area contributed by atoms with Crippen LogP contribution in [-0.2, 0) is 0 Å². The van der Waals surface area contributed by atoms with Crippen molar-refractivity contribution >= 4 is 0 Å². The molecule has 1 heterocycles. The Balaban J connectivity index is 2.21. The van der Waals surface area contributed by atoms with Crippen LogP contribution in [0.2, 0.25) is 0 Å². The molecular formula is C12H25N. The van der Waals surface area contributed by atoms with Gasteiger partial charge in [-0.3, -0.25) is 0 Å². The van der Waals surface area contributed by atoms with E-state index in [1.165, 1.54) is 38.6 Å². The smallest absolute Gasteiger partial charge is 0.00699 e. The molecule has 1 fully saturated rings. The summed E-state index contributed by atoms with van der Waals surface area (Å²) < 4.78 is 0. The fraction of sp³-hybridized carbons (Fsp3) is 1.00. The van der Waals surface area contributed by atoms with Gasteiger partial charge in [-0.05, 0) is 37.6 Å². The minimum atomic E-state index is 0.820. The molecule has 0 aromatic rings. The van der Waals surface area contributed by atoms with E-state index in [9.17, 15) is 0 Å². The molecule has 1 heteroatoms. The van der Waals surface area contributed by atoms with Crippen molar-refractivity contribution < 1.29 is 0 Å². The van der Waals surface area contributed by atoms with Crippen molar-refractivity contribution in [2.24, 2.45) is 11.8 Å². The van der Waals surface area contributed by atoms with E-state index in [4.69, 9.17) is 0 Å². The zero-order valence-electron chi connectivity index (χ0n) is 9.47. The van der Waals surface area contributed by atoms with Gasteiger partial charge in [0.2, 0.25) is 0 Å². The van der Waals surface area contributed by atoms with E-state index < -0.39 is 0 Å². The zero-order chi connectivity index (χ0) is 9.68. The number of nitrogens with one attached hydrogen (secondary N) is 1. The van der Waals surface area contributed by atoms with E-state index in [2.05, 4.69) is 26.1 Å². The van der Waals surface area contributed by atoms with Gasteiger partial charge in [-0.2, -0.15) is 0 Å². The van der Waals surface area contributed by atoms with Crippen LogP contribution in [0.15, 0.2) is 0 Å². The summed E-state index contributed by atoms with van der Waals surface area (Å²) in [6, 6.07) is 0.820. The molecule has 0 saturated carbocycles. The van der Waals surface area contributed by atoms with Gasteiger partial charge in [0.15, 0.2) is 0 Å². The van der Waals surface area contributed by atoms with Gasteiger partial charge in [0.05, 0.1) is 0 Å². The first kappa shape index (κ1) is 11.0. The van der Waals surface area contributed by atoms with Crippen LogP contribution in [0.3, 0.4) is 0 Å². The predicted octanol–water partition coefficient (Wildman–Crippen LogP) is 3.20. The van der Waals surface area contributed by atoms with Gasteiger partial charge < -0.3 is 5.32 Å². The van der Waals surface area contributed by atoms with E-state index in [1.54, 1.807) is 0 Å². The number of piperidine rings is 1. The lowest BCUT2D eigenvalue weighted by Gasteiger charge is -2.30.